The molecule has 0 aliphatic heterocycles. The number of hydrogen-bond donors (Lipinski definition) is 3. The number of rotatable bonds is 51. The topological polar surface area (TPSA) is 69.6 Å². The largest absolute Gasteiger partial charge is 0.394 e. The van der Waals surface area contributed by atoms with Crippen LogP contribution in [0, 0.1) is 0 Å². The molecule has 2 unspecified atom stereocenters. The van der Waals surface area contributed by atoms with Crippen LogP contribution in [0.5, 0.6) is 0 Å². The van der Waals surface area contributed by atoms with Gasteiger partial charge in [0.15, 0.2) is 0 Å². The number of carbonyl (C=O) groups is 1. The Bertz CT molecular complexity index is 928. The molecule has 0 saturated carbocycles. The fourth-order valence-electron chi connectivity index (χ4n) is 8.63. The van der Waals surface area contributed by atoms with Crippen molar-refractivity contribution in [1.82, 2.24) is 5.32 Å². The summed E-state index contributed by atoms with van der Waals surface area (Å²) < 4.78 is 0. The lowest BCUT2D eigenvalue weighted by atomic mass is 10.0. The first-order valence-corrected chi connectivity index (χ1v) is 27.7. The summed E-state index contributed by atoms with van der Waals surface area (Å²) in [5, 5.41) is 23.1. The number of nitrogens with one attached hydrogen (secondary N) is 1. The first-order chi connectivity index (χ1) is 30.2. The van der Waals surface area contributed by atoms with Gasteiger partial charge in [-0.15, -0.1) is 0 Å². The van der Waals surface area contributed by atoms with E-state index >= 15 is 0 Å². The van der Waals surface area contributed by atoms with Crippen molar-refractivity contribution in [3.05, 3.63) is 36.5 Å². The molecule has 0 radical (unpaired) electrons. The highest BCUT2D eigenvalue weighted by molar-refractivity contribution is 5.76. The molecule has 0 aromatic carbocycles. The Morgan fingerprint density at radius 1 is 0.377 bits per heavy atom. The molecular weight excluding hydrogens is 747 g/mol. The van der Waals surface area contributed by atoms with Crippen LogP contribution < -0.4 is 5.32 Å². The summed E-state index contributed by atoms with van der Waals surface area (Å²) in [6, 6.07) is -0.643. The van der Waals surface area contributed by atoms with Crippen LogP contribution in [0.25, 0.3) is 0 Å². The van der Waals surface area contributed by atoms with Crippen LogP contribution in [0.3, 0.4) is 0 Å². The number of carbonyl (C=O) groups excluding carboxylic acids is 1. The van der Waals surface area contributed by atoms with Crippen molar-refractivity contribution in [3.8, 4) is 0 Å². The molecule has 0 rings (SSSR count). The van der Waals surface area contributed by atoms with Gasteiger partial charge in [0.1, 0.15) is 0 Å². The zero-order chi connectivity index (χ0) is 44.2. The summed E-state index contributed by atoms with van der Waals surface area (Å²) in [4.78, 5) is 12.4. The summed E-state index contributed by atoms with van der Waals surface area (Å²) in [5.41, 5.74) is 0. The molecule has 3 N–H and O–H groups in total. The predicted molar refractivity (Wildman–Crippen MR) is 272 cm³/mol. The molecule has 4 nitrogen and oxygen atoms in total. The van der Waals surface area contributed by atoms with E-state index in [0.717, 1.165) is 38.5 Å². The van der Waals surface area contributed by atoms with Gasteiger partial charge in [-0.25, -0.2) is 0 Å². The number of aliphatic hydroxyl groups is 2. The van der Waals surface area contributed by atoms with Crippen molar-refractivity contribution in [2.75, 3.05) is 6.61 Å². The maximum Gasteiger partial charge on any atom is 0.220 e. The van der Waals surface area contributed by atoms with Crippen LogP contribution in [0.1, 0.15) is 303 Å². The van der Waals surface area contributed by atoms with Gasteiger partial charge in [0.25, 0.3) is 0 Å². The second-order valence-electron chi connectivity index (χ2n) is 19.0. The molecule has 0 heterocycles. The summed E-state index contributed by atoms with van der Waals surface area (Å²) in [5.74, 6) is -0.0741. The minimum atomic E-state index is -0.868. The van der Waals surface area contributed by atoms with Crippen LogP contribution in [0.4, 0.5) is 0 Å². The fraction of sp³-hybridized carbons (Fsp3) is 0.877. The van der Waals surface area contributed by atoms with Gasteiger partial charge in [-0.2, -0.15) is 0 Å². The van der Waals surface area contributed by atoms with E-state index in [9.17, 15) is 15.0 Å². The molecule has 61 heavy (non-hydrogen) atoms. The Kier molecular flexibility index (Phi) is 51.7. The quantitative estimate of drug-likeness (QED) is 0.0422. The summed E-state index contributed by atoms with van der Waals surface area (Å²) in [6.45, 7) is 4.32. The Labute approximate surface area is 382 Å². The lowest BCUT2D eigenvalue weighted by Gasteiger charge is -2.19. The zero-order valence-electron chi connectivity index (χ0n) is 41.4. The fourth-order valence-corrected chi connectivity index (χ4v) is 8.63. The van der Waals surface area contributed by atoms with E-state index in [-0.39, 0.29) is 12.5 Å². The molecular formula is C57H109NO3. The minimum Gasteiger partial charge on any atom is -0.394 e. The first-order valence-electron chi connectivity index (χ1n) is 27.7. The van der Waals surface area contributed by atoms with Gasteiger partial charge in [-0.1, -0.05) is 288 Å². The Balaban J connectivity index is 3.51. The molecule has 0 aromatic heterocycles. The molecule has 0 aliphatic carbocycles. The van der Waals surface area contributed by atoms with Crippen molar-refractivity contribution in [3.63, 3.8) is 0 Å². The van der Waals surface area contributed by atoms with Crippen LogP contribution >= 0.6 is 0 Å². The SMILES string of the molecule is CCCCCCCCCCCCCCCCCCCCCCCCC/C=C/CC/C=C/CC/C=C/C(O)C(CO)NC(=O)CCCCCCCCCCCCCCCCCC. The number of unbranched alkanes of at least 4 members (excludes halogenated alkanes) is 40. The standard InChI is InChI=1S/C57H109NO3/c1-3-5-7-9-11-13-15-17-19-21-22-23-24-25-26-27-28-29-30-31-32-33-34-35-36-37-38-40-42-44-46-48-50-52-56(60)55(54-59)58-57(61)53-51-49-47-45-43-41-39-20-18-16-14-12-10-8-6-4-2/h36-37,42,44,50,52,55-56,59-60H,3-35,38-41,43,45-49,51,53-54H2,1-2H3,(H,58,61)/b37-36+,44-42+,52-50+. The average Bonchev–Trinajstić information content (AvgIpc) is 3.26. The Hall–Kier alpha value is -1.39. The third-order valence-electron chi connectivity index (χ3n) is 12.9. The molecule has 0 aliphatic rings. The maximum absolute atomic E-state index is 12.4. The van der Waals surface area contributed by atoms with Gasteiger partial charge in [-0.05, 0) is 44.9 Å². The highest BCUT2D eigenvalue weighted by Gasteiger charge is 2.18. The predicted octanol–water partition coefficient (Wildman–Crippen LogP) is 18.1. The molecule has 0 fully saturated rings. The van der Waals surface area contributed by atoms with Gasteiger partial charge in [0, 0.05) is 6.42 Å². The van der Waals surface area contributed by atoms with Crippen molar-refractivity contribution < 1.29 is 15.0 Å². The molecule has 1 amide bonds. The molecule has 4 heteroatoms. The van der Waals surface area contributed by atoms with Gasteiger partial charge in [0.05, 0.1) is 18.8 Å². The van der Waals surface area contributed by atoms with Gasteiger partial charge < -0.3 is 15.5 Å². The Morgan fingerprint density at radius 2 is 0.639 bits per heavy atom. The average molecular weight is 857 g/mol. The van der Waals surface area contributed by atoms with E-state index in [1.165, 1.54) is 244 Å². The summed E-state index contributed by atoms with van der Waals surface area (Å²) in [7, 11) is 0. The van der Waals surface area contributed by atoms with E-state index in [4.69, 9.17) is 0 Å². The molecule has 0 aromatic rings. The lowest BCUT2D eigenvalue weighted by Crippen LogP contribution is -2.45. The zero-order valence-corrected chi connectivity index (χ0v) is 41.4. The Morgan fingerprint density at radius 3 is 0.951 bits per heavy atom. The smallest absolute Gasteiger partial charge is 0.220 e. The van der Waals surface area contributed by atoms with Gasteiger partial charge in [0.2, 0.25) is 5.91 Å². The number of hydrogen-bond acceptors (Lipinski definition) is 3. The molecule has 0 spiro atoms. The third-order valence-corrected chi connectivity index (χ3v) is 12.9. The van der Waals surface area contributed by atoms with Crippen LogP contribution in [0.15, 0.2) is 36.5 Å². The van der Waals surface area contributed by atoms with Crippen molar-refractivity contribution >= 4 is 5.91 Å². The van der Waals surface area contributed by atoms with Crippen LogP contribution in [-0.2, 0) is 4.79 Å². The van der Waals surface area contributed by atoms with Crippen molar-refractivity contribution in [2.24, 2.45) is 0 Å². The molecule has 0 saturated heterocycles. The molecule has 0 bridgehead atoms. The molecule has 360 valence electrons. The van der Waals surface area contributed by atoms with Gasteiger partial charge >= 0.3 is 0 Å². The highest BCUT2D eigenvalue weighted by Crippen LogP contribution is 2.17. The maximum atomic E-state index is 12.4. The summed E-state index contributed by atoms with van der Waals surface area (Å²) in [6.07, 6.45) is 71.7. The number of amides is 1. The van der Waals surface area contributed by atoms with E-state index < -0.39 is 12.1 Å². The number of aliphatic hydroxyl groups excluding tert-OH is 2. The van der Waals surface area contributed by atoms with E-state index in [2.05, 4.69) is 43.5 Å². The van der Waals surface area contributed by atoms with E-state index in [0.29, 0.717) is 6.42 Å². The first kappa shape index (κ1) is 59.6. The molecule has 2 atom stereocenters. The van der Waals surface area contributed by atoms with E-state index in [1.807, 2.05) is 6.08 Å². The lowest BCUT2D eigenvalue weighted by molar-refractivity contribution is -0.123. The van der Waals surface area contributed by atoms with Crippen LogP contribution in [0.2, 0.25) is 0 Å². The summed E-state index contributed by atoms with van der Waals surface area (Å²) >= 11 is 0. The van der Waals surface area contributed by atoms with Crippen molar-refractivity contribution in [2.45, 2.75) is 315 Å². The highest BCUT2D eigenvalue weighted by atomic mass is 16.3. The van der Waals surface area contributed by atoms with E-state index in [1.54, 1.807) is 6.08 Å². The number of allylic oxidation sites excluding steroid dienone is 5. The van der Waals surface area contributed by atoms with Crippen molar-refractivity contribution in [1.29, 1.82) is 0 Å². The third kappa shape index (κ3) is 49.5. The second kappa shape index (κ2) is 53.0. The minimum absolute atomic E-state index is 0.0741. The van der Waals surface area contributed by atoms with Crippen LogP contribution in [-0.4, -0.2) is 34.9 Å². The van der Waals surface area contributed by atoms with Gasteiger partial charge in [-0.3, -0.25) is 4.79 Å². The monoisotopic (exact) mass is 856 g/mol. The normalized spacial score (nSPS) is 13.0. The second-order valence-corrected chi connectivity index (χ2v) is 19.0.